The van der Waals surface area contributed by atoms with Gasteiger partial charge in [0.05, 0.1) is 44.9 Å². The number of fused-ring (bicyclic) bond motifs is 1. The highest BCUT2D eigenvalue weighted by atomic mass is 16.5. The summed E-state index contributed by atoms with van der Waals surface area (Å²) in [6, 6.07) is 7.73. The van der Waals surface area contributed by atoms with Crippen LogP contribution in [0.2, 0.25) is 0 Å². The van der Waals surface area contributed by atoms with Gasteiger partial charge in [-0.15, -0.1) is 0 Å². The second kappa shape index (κ2) is 9.35. The topological polar surface area (TPSA) is 82.6 Å². The zero-order valence-corrected chi connectivity index (χ0v) is 19.0. The summed E-state index contributed by atoms with van der Waals surface area (Å²) in [7, 11) is 3.16. The smallest absolute Gasteiger partial charge is 0.256 e. The van der Waals surface area contributed by atoms with E-state index in [-0.39, 0.29) is 18.1 Å². The number of amides is 1. The number of pyridine rings is 1. The monoisotopic (exact) mass is 455 g/mol. The average Bonchev–Trinajstić information content (AvgIpc) is 3.55. The lowest BCUT2D eigenvalue weighted by Crippen LogP contribution is -2.38. The minimum Gasteiger partial charge on any atom is -0.491 e. The van der Waals surface area contributed by atoms with Gasteiger partial charge < -0.3 is 33.5 Å². The van der Waals surface area contributed by atoms with Crippen LogP contribution in [-0.4, -0.2) is 75.1 Å². The zero-order chi connectivity index (χ0) is 22.8. The molecule has 2 aromatic rings. The number of carbonyl (C=O) groups excluding carboxylic acids is 1. The molecule has 0 N–H and O–H groups in total. The van der Waals surface area contributed by atoms with Crippen molar-refractivity contribution >= 4 is 17.3 Å². The van der Waals surface area contributed by atoms with Gasteiger partial charge in [0.15, 0.2) is 5.75 Å². The normalized spacial score (nSPS) is 22.0. The third kappa shape index (κ3) is 4.37. The highest BCUT2D eigenvalue weighted by molar-refractivity contribution is 5.81. The largest absolute Gasteiger partial charge is 0.491 e. The number of hydrogen-bond acceptors (Lipinski definition) is 8. The van der Waals surface area contributed by atoms with Crippen molar-refractivity contribution in [1.29, 1.82) is 0 Å². The SMILES string of the molecule is COc1cc(N2CCOc3ccc(OC4CCN(C(=O)C5CCCO5)C4)cc32)cnc1OC. The van der Waals surface area contributed by atoms with Crippen molar-refractivity contribution in [2.24, 2.45) is 0 Å². The minimum absolute atomic E-state index is 0.0471. The molecular formula is C24H29N3O6. The van der Waals surface area contributed by atoms with Crippen LogP contribution in [0.25, 0.3) is 0 Å². The van der Waals surface area contributed by atoms with Gasteiger partial charge in [0.1, 0.15) is 30.3 Å². The van der Waals surface area contributed by atoms with Gasteiger partial charge in [0, 0.05) is 31.7 Å². The van der Waals surface area contributed by atoms with Crippen LogP contribution >= 0.6 is 0 Å². The van der Waals surface area contributed by atoms with Crippen molar-refractivity contribution in [1.82, 2.24) is 9.88 Å². The van der Waals surface area contributed by atoms with Crippen LogP contribution in [0.4, 0.5) is 11.4 Å². The Labute approximate surface area is 193 Å². The lowest BCUT2D eigenvalue weighted by molar-refractivity contribution is -0.140. The van der Waals surface area contributed by atoms with Crippen molar-refractivity contribution in [3.63, 3.8) is 0 Å². The Morgan fingerprint density at radius 1 is 1.12 bits per heavy atom. The first-order chi connectivity index (χ1) is 16.2. The lowest BCUT2D eigenvalue weighted by atomic mass is 10.2. The van der Waals surface area contributed by atoms with Crippen molar-refractivity contribution in [2.75, 3.05) is 52.0 Å². The Bertz CT molecular complexity index is 1010. The van der Waals surface area contributed by atoms with Crippen LogP contribution in [0.5, 0.6) is 23.1 Å². The quantitative estimate of drug-likeness (QED) is 0.658. The standard InChI is InChI=1S/C24H29N3O6/c1-29-22-12-16(14-25-23(22)30-2)27-9-11-32-20-6-5-17(13-19(20)27)33-18-7-8-26(15-18)24(28)21-4-3-10-31-21/h5-6,12-14,18,21H,3-4,7-11,15H2,1-2H3. The molecule has 5 rings (SSSR count). The number of nitrogens with zero attached hydrogens (tertiary/aromatic N) is 3. The third-order valence-corrected chi connectivity index (χ3v) is 6.29. The fourth-order valence-corrected chi connectivity index (χ4v) is 4.60. The summed E-state index contributed by atoms with van der Waals surface area (Å²) < 4.78 is 28.4. The summed E-state index contributed by atoms with van der Waals surface area (Å²) in [5.41, 5.74) is 1.78. The second-order valence-electron chi connectivity index (χ2n) is 8.35. The molecule has 0 saturated carbocycles. The Hall–Kier alpha value is -3.20. The van der Waals surface area contributed by atoms with Gasteiger partial charge >= 0.3 is 0 Å². The van der Waals surface area contributed by atoms with Gasteiger partial charge in [-0.2, -0.15) is 0 Å². The maximum Gasteiger partial charge on any atom is 0.256 e. The highest BCUT2D eigenvalue weighted by Gasteiger charge is 2.34. The Balaban J connectivity index is 1.31. The molecule has 3 aliphatic heterocycles. The number of methoxy groups -OCH3 is 2. The molecule has 9 heteroatoms. The third-order valence-electron chi connectivity index (χ3n) is 6.29. The molecule has 2 saturated heterocycles. The number of rotatable bonds is 6. The van der Waals surface area contributed by atoms with Crippen LogP contribution in [0, 0.1) is 0 Å². The number of hydrogen-bond donors (Lipinski definition) is 0. The maximum absolute atomic E-state index is 12.6. The maximum atomic E-state index is 12.6. The summed E-state index contributed by atoms with van der Waals surface area (Å²) in [6.45, 7) is 3.18. The van der Waals surface area contributed by atoms with E-state index in [1.165, 1.54) is 0 Å². The molecule has 1 aromatic heterocycles. The summed E-state index contributed by atoms with van der Waals surface area (Å²) in [4.78, 5) is 21.0. The van der Waals surface area contributed by atoms with E-state index in [0.29, 0.717) is 44.5 Å². The van der Waals surface area contributed by atoms with Crippen LogP contribution in [-0.2, 0) is 9.53 Å². The molecule has 0 radical (unpaired) electrons. The molecule has 176 valence electrons. The first kappa shape index (κ1) is 21.6. The number of anilines is 2. The predicted octanol–water partition coefficient (Wildman–Crippen LogP) is 2.79. The minimum atomic E-state index is -0.284. The van der Waals surface area contributed by atoms with E-state index in [1.807, 2.05) is 29.2 Å². The Kier molecular flexibility index (Phi) is 6.13. The van der Waals surface area contributed by atoms with E-state index in [0.717, 1.165) is 42.1 Å². The van der Waals surface area contributed by atoms with Crippen LogP contribution in [0.3, 0.4) is 0 Å². The molecule has 1 amide bonds. The van der Waals surface area contributed by atoms with Crippen molar-refractivity contribution in [2.45, 2.75) is 31.5 Å². The van der Waals surface area contributed by atoms with E-state index in [2.05, 4.69) is 9.88 Å². The molecule has 3 aliphatic rings. The van der Waals surface area contributed by atoms with Gasteiger partial charge in [0.2, 0.25) is 0 Å². The number of likely N-dealkylation sites (tertiary alicyclic amines) is 1. The van der Waals surface area contributed by atoms with Crippen LogP contribution in [0.15, 0.2) is 30.5 Å². The fraction of sp³-hybridized carbons (Fsp3) is 0.500. The molecule has 9 nitrogen and oxygen atoms in total. The van der Waals surface area contributed by atoms with Gasteiger partial charge in [-0.1, -0.05) is 0 Å². The van der Waals surface area contributed by atoms with Crippen molar-refractivity contribution in [3.05, 3.63) is 30.5 Å². The molecule has 33 heavy (non-hydrogen) atoms. The van der Waals surface area contributed by atoms with E-state index >= 15 is 0 Å². The zero-order valence-electron chi connectivity index (χ0n) is 19.0. The lowest BCUT2D eigenvalue weighted by Gasteiger charge is -2.31. The molecule has 0 bridgehead atoms. The number of aromatic nitrogens is 1. The highest BCUT2D eigenvalue weighted by Crippen LogP contribution is 2.41. The number of ether oxygens (including phenoxy) is 5. The molecule has 1 aromatic carbocycles. The van der Waals surface area contributed by atoms with Gasteiger partial charge in [-0.3, -0.25) is 4.79 Å². The van der Waals surface area contributed by atoms with Crippen molar-refractivity contribution < 1.29 is 28.5 Å². The summed E-state index contributed by atoms with van der Waals surface area (Å²) >= 11 is 0. The van der Waals surface area contributed by atoms with Gasteiger partial charge in [-0.25, -0.2) is 4.98 Å². The molecule has 0 spiro atoms. The van der Waals surface area contributed by atoms with E-state index in [1.54, 1.807) is 20.4 Å². The first-order valence-electron chi connectivity index (χ1n) is 11.4. The van der Waals surface area contributed by atoms with Gasteiger partial charge in [0.25, 0.3) is 11.8 Å². The summed E-state index contributed by atoms with van der Waals surface area (Å²) in [5.74, 6) is 2.62. The van der Waals surface area contributed by atoms with Gasteiger partial charge in [-0.05, 0) is 25.0 Å². The van der Waals surface area contributed by atoms with Crippen LogP contribution < -0.4 is 23.8 Å². The number of benzene rings is 1. The molecule has 2 unspecified atom stereocenters. The molecule has 4 heterocycles. The molecule has 2 fully saturated rings. The van der Waals surface area contributed by atoms with E-state index in [4.69, 9.17) is 23.7 Å². The first-order valence-corrected chi connectivity index (χ1v) is 11.4. The average molecular weight is 456 g/mol. The number of carbonyl (C=O) groups is 1. The predicted molar refractivity (Wildman–Crippen MR) is 121 cm³/mol. The van der Waals surface area contributed by atoms with Crippen molar-refractivity contribution in [3.8, 4) is 23.1 Å². The van der Waals surface area contributed by atoms with Crippen LogP contribution in [0.1, 0.15) is 19.3 Å². The summed E-state index contributed by atoms with van der Waals surface area (Å²) in [5, 5.41) is 0. The van der Waals surface area contributed by atoms with E-state index < -0.39 is 0 Å². The summed E-state index contributed by atoms with van der Waals surface area (Å²) in [6.07, 6.45) is 3.99. The molecule has 0 aliphatic carbocycles. The molecular weight excluding hydrogens is 426 g/mol. The second-order valence-corrected chi connectivity index (χ2v) is 8.35. The Morgan fingerprint density at radius 3 is 2.82 bits per heavy atom. The van der Waals surface area contributed by atoms with E-state index in [9.17, 15) is 4.79 Å². The Morgan fingerprint density at radius 2 is 2.03 bits per heavy atom. The molecule has 2 atom stereocenters. The fourth-order valence-electron chi connectivity index (χ4n) is 4.60.